The molecule has 5 rings (SSSR count). The number of aliphatic carboxylic acids is 1. The van der Waals surface area contributed by atoms with E-state index in [0.717, 1.165) is 35.2 Å². The second-order valence-electron chi connectivity index (χ2n) is 10.4. The zero-order valence-corrected chi connectivity index (χ0v) is 24.5. The number of carboxylic acid groups (broad SMARTS) is 1. The molecule has 0 aromatic heterocycles. The molecule has 2 unspecified atom stereocenters. The summed E-state index contributed by atoms with van der Waals surface area (Å²) in [5, 5.41) is 16.3. The maximum atomic E-state index is 13.2. The lowest BCUT2D eigenvalue weighted by atomic mass is 10.0. The fourth-order valence-corrected chi connectivity index (χ4v) is 7.13. The number of nitrogens with zero attached hydrogens (tertiary/aromatic N) is 2. The molecule has 0 amide bonds. The number of rotatable bonds is 9. The molecule has 214 valence electrons. The van der Waals surface area contributed by atoms with Crippen molar-refractivity contribution in [2.45, 2.75) is 57.0 Å². The minimum Gasteiger partial charge on any atom is -0.480 e. The Kier molecular flexibility index (Phi) is 8.07. The third-order valence-corrected chi connectivity index (χ3v) is 9.26. The first-order valence-electron chi connectivity index (χ1n) is 13.1. The van der Waals surface area contributed by atoms with Crippen molar-refractivity contribution in [1.29, 1.82) is 0 Å². The van der Waals surface area contributed by atoms with E-state index in [4.69, 9.17) is 0 Å². The van der Waals surface area contributed by atoms with Crippen LogP contribution in [0.5, 0.6) is 0 Å². The number of sulfonamides is 1. The van der Waals surface area contributed by atoms with Crippen LogP contribution in [0.1, 0.15) is 35.1 Å². The van der Waals surface area contributed by atoms with Crippen molar-refractivity contribution in [1.82, 2.24) is 10.0 Å². The summed E-state index contributed by atoms with van der Waals surface area (Å²) in [6, 6.07) is 17.4. The Morgan fingerprint density at radius 1 is 0.976 bits per heavy atom. The molecular weight excluding hydrogens is 562 g/mol. The molecule has 2 aliphatic rings. The van der Waals surface area contributed by atoms with Gasteiger partial charge in [0.1, 0.15) is 6.04 Å². The van der Waals surface area contributed by atoms with Gasteiger partial charge in [0.25, 0.3) is 11.2 Å². The fourth-order valence-electron chi connectivity index (χ4n) is 4.86. The Hall–Kier alpha value is -3.87. The van der Waals surface area contributed by atoms with Crippen LogP contribution in [-0.2, 0) is 32.4 Å². The zero-order chi connectivity index (χ0) is 29.3. The van der Waals surface area contributed by atoms with E-state index in [2.05, 4.69) is 24.2 Å². The van der Waals surface area contributed by atoms with Gasteiger partial charge in [0, 0.05) is 11.7 Å². The highest BCUT2D eigenvalue weighted by Crippen LogP contribution is 2.26. The quantitative estimate of drug-likeness (QED) is 0.295. The zero-order valence-electron chi connectivity index (χ0n) is 22.8. The average Bonchev–Trinajstić information content (AvgIpc) is 3.64. The van der Waals surface area contributed by atoms with Gasteiger partial charge in [0.05, 0.1) is 4.90 Å². The Bertz CT molecular complexity index is 1670. The van der Waals surface area contributed by atoms with Crippen molar-refractivity contribution in [2.75, 3.05) is 5.32 Å². The highest BCUT2D eigenvalue weighted by molar-refractivity contribution is 7.89. The Labute approximate surface area is 241 Å². The molecule has 12 heteroatoms. The predicted molar refractivity (Wildman–Crippen MR) is 161 cm³/mol. The summed E-state index contributed by atoms with van der Waals surface area (Å²) in [7, 11) is -4.06. The molecule has 1 saturated carbocycles. The largest absolute Gasteiger partial charge is 0.480 e. The lowest BCUT2D eigenvalue weighted by molar-refractivity contribution is -0.138. The van der Waals surface area contributed by atoms with Crippen molar-refractivity contribution >= 4 is 44.5 Å². The number of hydrogen-bond donors (Lipinski definition) is 4. The van der Waals surface area contributed by atoms with Crippen LogP contribution in [0.3, 0.4) is 0 Å². The molecule has 4 N–H and O–H groups in total. The summed E-state index contributed by atoms with van der Waals surface area (Å²) in [6.07, 6.45) is 2.08. The molecule has 3 aromatic carbocycles. The predicted octanol–water partition coefficient (Wildman–Crippen LogP) is 3.81. The van der Waals surface area contributed by atoms with Crippen LogP contribution in [0.2, 0.25) is 0 Å². The Balaban J connectivity index is 1.29. The number of carbonyl (C=O) groups is 1. The SMILES string of the molecule is Cc1cc(C)c(S(=O)(=O)NC(Cc2ccc(-c3cccc(NC4=NS(=O)N=C4NC4CC4)c3)cc2)C(=O)O)c(C)c1. The first kappa shape index (κ1) is 28.7. The molecule has 1 aliphatic carbocycles. The van der Waals surface area contributed by atoms with Crippen molar-refractivity contribution in [3.8, 4) is 11.1 Å². The van der Waals surface area contributed by atoms with E-state index in [-0.39, 0.29) is 11.3 Å². The molecule has 0 saturated heterocycles. The molecular formula is C29H31N5O5S2. The number of amidine groups is 2. The number of carboxylic acids is 1. The molecule has 1 heterocycles. The summed E-state index contributed by atoms with van der Waals surface area (Å²) in [6.45, 7) is 5.28. The minimum absolute atomic E-state index is 0.0204. The van der Waals surface area contributed by atoms with Crippen LogP contribution >= 0.6 is 0 Å². The van der Waals surface area contributed by atoms with Gasteiger partial charge in [-0.25, -0.2) is 12.6 Å². The monoisotopic (exact) mass is 593 g/mol. The van der Waals surface area contributed by atoms with Gasteiger partial charge in [-0.05, 0) is 80.0 Å². The first-order chi connectivity index (χ1) is 19.5. The number of aryl methyl sites for hydroxylation is 3. The number of hydrogen-bond acceptors (Lipinski definition) is 6. The third-order valence-electron chi connectivity index (χ3n) is 6.80. The summed E-state index contributed by atoms with van der Waals surface area (Å²) in [5.74, 6) is -0.327. The van der Waals surface area contributed by atoms with Gasteiger partial charge in [0.2, 0.25) is 10.0 Å². The van der Waals surface area contributed by atoms with E-state index in [0.29, 0.717) is 34.4 Å². The van der Waals surface area contributed by atoms with Crippen molar-refractivity contribution in [3.05, 3.63) is 82.9 Å². The number of anilines is 1. The van der Waals surface area contributed by atoms with E-state index >= 15 is 0 Å². The van der Waals surface area contributed by atoms with Gasteiger partial charge in [0.15, 0.2) is 11.7 Å². The van der Waals surface area contributed by atoms with Gasteiger partial charge >= 0.3 is 5.97 Å². The smallest absolute Gasteiger partial charge is 0.322 e. The molecule has 0 bridgehead atoms. The molecule has 10 nitrogen and oxygen atoms in total. The lowest BCUT2D eigenvalue weighted by Gasteiger charge is -2.18. The summed E-state index contributed by atoms with van der Waals surface area (Å²) in [4.78, 5) is 12.1. The number of benzene rings is 3. The van der Waals surface area contributed by atoms with Crippen LogP contribution in [0.15, 0.2) is 74.4 Å². The topological polar surface area (TPSA) is 149 Å². The molecule has 2 atom stereocenters. The normalized spacial score (nSPS) is 17.5. The van der Waals surface area contributed by atoms with Crippen molar-refractivity contribution in [3.63, 3.8) is 0 Å². The average molecular weight is 594 g/mol. The first-order valence-corrected chi connectivity index (χ1v) is 15.7. The summed E-state index contributed by atoms with van der Waals surface area (Å²) in [5.41, 5.74) is 5.27. The van der Waals surface area contributed by atoms with Gasteiger partial charge < -0.3 is 15.7 Å². The standard InChI is InChI=1S/C29H31N5O5S2/c1-17-13-18(2)26(19(3)14-17)41(38,39)34-25(29(35)36)15-20-7-9-21(10-8-20)22-5-4-6-24(16-22)31-28-27(30-23-11-12-23)32-40(37)33-28/h4-10,13-14,16,23,25,34H,11-12,15H2,1-3H3,(H,30,32)(H,31,33)(H,35,36). The van der Waals surface area contributed by atoms with E-state index in [1.807, 2.05) is 43.3 Å². The van der Waals surface area contributed by atoms with Gasteiger partial charge in [-0.1, -0.05) is 54.1 Å². The second kappa shape index (κ2) is 11.6. The van der Waals surface area contributed by atoms with Crippen LogP contribution in [0.25, 0.3) is 11.1 Å². The Morgan fingerprint density at radius 2 is 1.63 bits per heavy atom. The summed E-state index contributed by atoms with van der Waals surface area (Å²) < 4.78 is 48.7. The van der Waals surface area contributed by atoms with Crippen molar-refractivity contribution < 1.29 is 22.5 Å². The van der Waals surface area contributed by atoms with E-state index in [9.17, 15) is 22.5 Å². The van der Waals surface area contributed by atoms with Crippen LogP contribution in [-0.4, -0.2) is 47.5 Å². The maximum absolute atomic E-state index is 13.2. The maximum Gasteiger partial charge on any atom is 0.322 e. The molecule has 1 aliphatic heterocycles. The second-order valence-corrected chi connectivity index (χ2v) is 12.9. The lowest BCUT2D eigenvalue weighted by Crippen LogP contribution is -2.42. The fraction of sp³-hybridized carbons (Fsp3) is 0.276. The van der Waals surface area contributed by atoms with Gasteiger partial charge in [-0.15, -0.1) is 8.80 Å². The minimum atomic E-state index is -4.06. The molecule has 1 fully saturated rings. The highest BCUT2D eigenvalue weighted by Gasteiger charge is 2.29. The van der Waals surface area contributed by atoms with E-state index < -0.39 is 33.2 Å². The van der Waals surface area contributed by atoms with Crippen LogP contribution in [0, 0.1) is 20.8 Å². The van der Waals surface area contributed by atoms with Gasteiger partial charge in [-0.3, -0.25) is 4.79 Å². The summed E-state index contributed by atoms with van der Waals surface area (Å²) >= 11 is -1.65. The van der Waals surface area contributed by atoms with Crippen LogP contribution < -0.4 is 15.4 Å². The highest BCUT2D eigenvalue weighted by atomic mass is 32.2. The van der Waals surface area contributed by atoms with E-state index in [1.165, 1.54) is 0 Å². The van der Waals surface area contributed by atoms with E-state index in [1.54, 1.807) is 38.1 Å². The molecule has 0 radical (unpaired) electrons. The van der Waals surface area contributed by atoms with Crippen molar-refractivity contribution in [2.24, 2.45) is 8.80 Å². The number of nitrogens with one attached hydrogen (secondary N) is 3. The van der Waals surface area contributed by atoms with Gasteiger partial charge in [-0.2, -0.15) is 4.72 Å². The molecule has 3 aromatic rings. The van der Waals surface area contributed by atoms with Crippen LogP contribution in [0.4, 0.5) is 5.69 Å². The molecule has 41 heavy (non-hydrogen) atoms. The molecule has 0 spiro atoms. The Morgan fingerprint density at radius 3 is 2.27 bits per heavy atom. The third kappa shape index (κ3) is 6.89.